The van der Waals surface area contributed by atoms with E-state index >= 15 is 0 Å². The number of piperidine rings is 4. The first-order valence-corrected chi connectivity index (χ1v) is 44.8. The van der Waals surface area contributed by atoms with E-state index in [1.807, 2.05) is 76.1 Å². The first-order chi connectivity index (χ1) is 55.5. The summed E-state index contributed by atoms with van der Waals surface area (Å²) < 4.78 is 69.6. The van der Waals surface area contributed by atoms with Crippen molar-refractivity contribution >= 4 is 77.3 Å². The number of aliphatic imine (C=N–C) groups is 1. The van der Waals surface area contributed by atoms with Gasteiger partial charge in [-0.15, -0.1) is 0 Å². The van der Waals surface area contributed by atoms with E-state index in [-0.39, 0.29) is 17.4 Å². The highest BCUT2D eigenvalue weighted by molar-refractivity contribution is 7.89. The number of nitrogens with zero attached hydrogens (tertiary/aromatic N) is 18. The Labute approximate surface area is 670 Å². The van der Waals surface area contributed by atoms with Gasteiger partial charge in [-0.1, -0.05) is 55.7 Å². The lowest BCUT2D eigenvalue weighted by Crippen LogP contribution is -2.47. The maximum atomic E-state index is 13.9. The summed E-state index contributed by atoms with van der Waals surface area (Å²) in [5.41, 5.74) is 7.32. The molecule has 10 aliphatic rings. The molecule has 0 atom stereocenters. The molecular weight excluding hydrogens is 1490 g/mol. The third kappa shape index (κ3) is 20.0. The predicted molar refractivity (Wildman–Crippen MR) is 441 cm³/mol. The summed E-state index contributed by atoms with van der Waals surface area (Å²) >= 11 is 0. The maximum Gasteiger partial charge on any atom is 0.354 e. The first-order valence-electron chi connectivity index (χ1n) is 41.7. The predicted octanol–water partition coefficient (Wildman–Crippen LogP) is 10.9. The van der Waals surface area contributed by atoms with Gasteiger partial charge in [0.1, 0.15) is 24.1 Å². The van der Waals surface area contributed by atoms with Crippen LogP contribution in [0.3, 0.4) is 0 Å². The molecule has 6 aromatic heterocycles. The number of hydrogen-bond acceptors (Lipinski definition) is 21. The zero-order valence-corrected chi connectivity index (χ0v) is 68.0. The minimum absolute atomic E-state index is 0.0683. The highest BCUT2D eigenvalue weighted by Crippen LogP contribution is 2.46. The van der Waals surface area contributed by atoms with E-state index in [1.165, 1.54) is 133 Å². The van der Waals surface area contributed by atoms with Crippen molar-refractivity contribution in [2.45, 2.75) is 172 Å². The summed E-state index contributed by atoms with van der Waals surface area (Å²) in [7, 11) is -3.73. The molecule has 2 aromatic carbocycles. The Hall–Kier alpha value is -8.40. The largest absolute Gasteiger partial charge is 0.477 e. The van der Waals surface area contributed by atoms with E-state index in [0.29, 0.717) is 73.2 Å². The van der Waals surface area contributed by atoms with Crippen LogP contribution in [0.2, 0.25) is 0 Å². The molecule has 29 nitrogen and oxygen atoms in total. The highest BCUT2D eigenvalue weighted by Gasteiger charge is 2.38. The number of amidine groups is 1. The molecule has 0 amide bonds. The number of ketones is 1. The van der Waals surface area contributed by atoms with Crippen LogP contribution in [0.4, 0.5) is 16.2 Å². The Kier molecular flexibility index (Phi) is 27.8. The number of hydrogen-bond donors (Lipinski definition) is 2. The first kappa shape index (κ1) is 82.1. The van der Waals surface area contributed by atoms with Crippen molar-refractivity contribution in [1.29, 1.82) is 0 Å². The van der Waals surface area contributed by atoms with Crippen LogP contribution in [-0.4, -0.2) is 261 Å². The van der Waals surface area contributed by atoms with Gasteiger partial charge in [0, 0.05) is 155 Å². The maximum absolute atomic E-state index is 13.9. The number of pyridine rings is 2. The quantitative estimate of drug-likeness (QED) is 0.0754. The number of imidazole rings is 2. The van der Waals surface area contributed by atoms with Crippen LogP contribution in [0.5, 0.6) is 0 Å². The standard InChI is InChI=1S/C34H46N6O4S.C24H28N4O3.C9H19N3O2S.C9H16N2.C7H6N4O/c1-44-23-25-12-18-38(19-13-25)30-22-29(31(41)24-45(42,43)39-20-14-27(15-21-39)37-16-5-6-17-37)35-34-32(30)33(26-8-7-9-26)36-40(34)28-10-3-2-4-11-28;1-31-15-16-10-12-27(13-11-16)20-14-19(24(29)30)25-23-21(20)22(17-6-5-7-17)26-28(23)18-8-3-2-4-9-18;10-15(13,14)12-7-3-9(4-8-12)11-5-1-2-6-11;1-2-5-9-10-6-4-8-11(9)7-3-1;12-7(10-3-1-8-5-10)11-4-2-9-6-11/h2-4,10-11,22,25-27H,5-9,12-21,23-24H2,1H3;2-4,8-9,14,16-17H,5-7,10-13,15H2,1H3,(H,29,30);9H,1-8H2,(H2,10,13,14);1-8H2;1-6H. The second-order valence-corrected chi connectivity index (χ2v) is 35.7. The van der Waals surface area contributed by atoms with Crippen molar-refractivity contribution < 1.29 is 45.8 Å². The summed E-state index contributed by atoms with van der Waals surface area (Å²) in [6.07, 6.45) is 35.2. The summed E-state index contributed by atoms with van der Waals surface area (Å²) in [6.45, 7) is 15.2. The van der Waals surface area contributed by atoms with Crippen LogP contribution in [0.15, 0.2) is 115 Å². The number of carbonyl (C=O) groups excluding carboxylic acids is 2. The lowest BCUT2D eigenvalue weighted by Gasteiger charge is -2.36. The van der Waals surface area contributed by atoms with Gasteiger partial charge in [-0.25, -0.2) is 56.8 Å². The SMILES string of the molecule is C1CCC2=NCCCN2CC1.COCC1CCN(c2cc(C(=O)CS(=O)(=O)N3CCC(N4CCCC4)CC3)nc3c2c(C2CCC2)nn3-c2ccccc2)CC1.COCC1CCN(c2cc(C(=O)O)nc3c2c(C2CCC2)nn3-c2ccccc2)CC1.NS(=O)(=O)N1CCC(N2CCCC2)CC1.O=C(n1ccnc1)n1ccnc1. The van der Waals surface area contributed by atoms with Crippen LogP contribution in [0, 0.1) is 11.8 Å². The molecule has 0 unspecified atom stereocenters. The van der Waals surface area contributed by atoms with Gasteiger partial charge in [-0.2, -0.15) is 22.9 Å². The van der Waals surface area contributed by atoms with Crippen molar-refractivity contribution in [2.24, 2.45) is 22.0 Å². The zero-order valence-electron chi connectivity index (χ0n) is 66.4. The summed E-state index contributed by atoms with van der Waals surface area (Å²) in [6, 6.07) is 24.2. The Morgan fingerprint density at radius 1 is 0.500 bits per heavy atom. The smallest absolute Gasteiger partial charge is 0.354 e. The number of benzene rings is 2. The number of nitrogens with two attached hydrogens (primary N) is 1. The molecule has 18 rings (SSSR count). The van der Waals surface area contributed by atoms with Crippen LogP contribution in [0.1, 0.15) is 192 Å². The Balaban J connectivity index is 0.000000133. The molecule has 2 saturated carbocycles. The van der Waals surface area contributed by atoms with Crippen LogP contribution >= 0.6 is 0 Å². The number of methoxy groups -OCH3 is 2. The van der Waals surface area contributed by atoms with Gasteiger partial charge >= 0.3 is 12.0 Å². The number of anilines is 2. The number of sulfonamides is 1. The van der Waals surface area contributed by atoms with E-state index in [2.05, 4.69) is 44.4 Å². The van der Waals surface area contributed by atoms with Crippen LogP contribution < -0.4 is 14.9 Å². The van der Waals surface area contributed by atoms with Crippen LogP contribution in [-0.2, 0) is 29.7 Å². The number of carboxylic acid groups (broad SMARTS) is 1. The lowest BCUT2D eigenvalue weighted by molar-refractivity contribution is 0.0690. The minimum atomic E-state index is -3.77. The number of carbonyl (C=O) groups is 3. The zero-order chi connectivity index (χ0) is 79.1. The molecule has 2 aliphatic carbocycles. The third-order valence-corrected chi connectivity index (χ3v) is 27.6. The van der Waals surface area contributed by atoms with Gasteiger partial charge < -0.3 is 39.1 Å². The molecule has 0 bridgehead atoms. The number of rotatable bonds is 18. The number of ether oxygens (including phenoxy) is 2. The molecule has 8 aliphatic heterocycles. The van der Waals surface area contributed by atoms with Gasteiger partial charge in [-0.3, -0.25) is 18.9 Å². The van der Waals surface area contributed by atoms with Gasteiger partial charge in [0.25, 0.3) is 10.2 Å². The summed E-state index contributed by atoms with van der Waals surface area (Å²) in [4.78, 5) is 71.0. The van der Waals surface area contributed by atoms with E-state index in [1.54, 1.807) is 45.1 Å². The van der Waals surface area contributed by atoms with E-state index < -0.39 is 37.7 Å². The molecule has 114 heavy (non-hydrogen) atoms. The third-order valence-electron chi connectivity index (χ3n) is 24.7. The van der Waals surface area contributed by atoms with Crippen molar-refractivity contribution in [3.8, 4) is 11.4 Å². The van der Waals surface area contributed by atoms with Gasteiger partial charge in [-0.05, 0) is 196 Å². The van der Waals surface area contributed by atoms with Crippen LogP contribution in [0.25, 0.3) is 33.4 Å². The van der Waals surface area contributed by atoms with Crippen molar-refractivity contribution in [3.63, 3.8) is 0 Å². The topological polar surface area (TPSA) is 316 Å². The monoisotopic (exact) mass is 1600 g/mol. The second kappa shape index (κ2) is 38.6. The number of likely N-dealkylation sites (tertiary alicyclic amines) is 2. The summed E-state index contributed by atoms with van der Waals surface area (Å²) in [5.74, 6) is 1.18. The normalized spacial score (nSPS) is 20.4. The van der Waals surface area contributed by atoms with Gasteiger partial charge in [0.15, 0.2) is 22.8 Å². The van der Waals surface area contributed by atoms with Crippen molar-refractivity contribution in [3.05, 3.63) is 133 Å². The summed E-state index contributed by atoms with van der Waals surface area (Å²) in [5, 5.41) is 27.0. The molecule has 8 aromatic rings. The number of aromatic nitrogens is 10. The Morgan fingerprint density at radius 2 is 0.947 bits per heavy atom. The highest BCUT2D eigenvalue weighted by atomic mass is 32.2. The second-order valence-electron chi connectivity index (χ2n) is 32.2. The fourth-order valence-electron chi connectivity index (χ4n) is 17.9. The fraction of sp³-hybridized carbons (Fsp3) is 0.590. The number of carboxylic acids is 1. The van der Waals surface area contributed by atoms with E-state index in [9.17, 15) is 36.3 Å². The molecule has 3 N–H and O–H groups in total. The molecule has 614 valence electrons. The molecule has 0 spiro atoms. The minimum Gasteiger partial charge on any atom is -0.477 e. The number of fused-ring (bicyclic) bond motifs is 3. The molecular formula is C83H115N19O10S2. The average Bonchev–Trinajstić information content (AvgIpc) is 1.59. The molecule has 7 saturated heterocycles. The van der Waals surface area contributed by atoms with E-state index in [0.717, 1.165) is 181 Å². The fourth-order valence-corrected chi connectivity index (χ4v) is 20.0. The van der Waals surface area contributed by atoms with Crippen molar-refractivity contribution in [2.75, 3.05) is 141 Å². The van der Waals surface area contributed by atoms with E-state index in [4.69, 9.17) is 29.8 Å². The molecule has 14 heterocycles. The Bertz CT molecular complexity index is 4690. The number of para-hydroxylation sites is 2. The van der Waals surface area contributed by atoms with Crippen molar-refractivity contribution in [1.82, 2.24) is 71.9 Å². The lowest BCUT2D eigenvalue weighted by atomic mass is 9.81. The molecule has 0 radical (unpaired) electrons. The molecule has 9 fully saturated rings. The average molecular weight is 1600 g/mol. The molecule has 31 heteroatoms. The van der Waals surface area contributed by atoms with Gasteiger partial charge in [0.2, 0.25) is 10.0 Å². The number of Topliss-reactive ketones (excluding diaryl/α,β-unsaturated/α-hetero) is 1. The van der Waals surface area contributed by atoms with Gasteiger partial charge in [0.05, 0.1) is 50.7 Å². The number of aromatic carboxylic acids is 1. The Morgan fingerprint density at radius 3 is 1.38 bits per heavy atom.